The summed E-state index contributed by atoms with van der Waals surface area (Å²) in [5, 5.41) is 12.9. The summed E-state index contributed by atoms with van der Waals surface area (Å²) in [6, 6.07) is 9.33. The van der Waals surface area contributed by atoms with Gasteiger partial charge in [-0.3, -0.25) is 0 Å². The van der Waals surface area contributed by atoms with E-state index < -0.39 is 12.1 Å². The highest BCUT2D eigenvalue weighted by Crippen LogP contribution is 2.36. The first-order valence-electron chi connectivity index (χ1n) is 8.15. The Morgan fingerprint density at radius 2 is 1.74 bits per heavy atom. The summed E-state index contributed by atoms with van der Waals surface area (Å²) in [4.78, 5) is 14.1. The van der Waals surface area contributed by atoms with E-state index in [9.17, 15) is 9.90 Å². The maximum absolute atomic E-state index is 12.7. The van der Waals surface area contributed by atoms with Crippen molar-refractivity contribution in [2.75, 3.05) is 40.3 Å². The van der Waals surface area contributed by atoms with Crippen LogP contribution in [0.3, 0.4) is 0 Å². The van der Waals surface area contributed by atoms with Crippen molar-refractivity contribution in [3.63, 3.8) is 0 Å². The van der Waals surface area contributed by atoms with E-state index in [-0.39, 0.29) is 6.61 Å². The Bertz CT molecular complexity index is 782. The van der Waals surface area contributed by atoms with Gasteiger partial charge in [0.1, 0.15) is 17.2 Å². The highest BCUT2D eigenvalue weighted by molar-refractivity contribution is 6.32. The molecule has 0 radical (unpaired) electrons. The minimum atomic E-state index is -0.532. The average molecular weight is 395 g/mol. The second-order valence-electron chi connectivity index (χ2n) is 5.70. The van der Waals surface area contributed by atoms with E-state index >= 15 is 0 Å². The molecular weight excluding hydrogens is 372 g/mol. The number of rotatable bonds is 7. The van der Waals surface area contributed by atoms with Crippen LogP contribution in [-0.4, -0.2) is 51.0 Å². The van der Waals surface area contributed by atoms with Crippen LogP contribution in [0.25, 0.3) is 0 Å². The third-order valence-corrected chi connectivity index (χ3v) is 4.47. The minimum Gasteiger partial charge on any atom is -0.497 e. The van der Waals surface area contributed by atoms with Crippen molar-refractivity contribution in [1.82, 2.24) is 4.90 Å². The number of ether oxygens (including phenoxy) is 3. The van der Waals surface area contributed by atoms with E-state index in [0.717, 1.165) is 5.56 Å². The first kappa shape index (κ1) is 20.7. The van der Waals surface area contributed by atoms with E-state index in [0.29, 0.717) is 28.0 Å². The Hall–Kier alpha value is -2.64. The predicted octanol–water partition coefficient (Wildman–Crippen LogP) is 3.56. The van der Waals surface area contributed by atoms with Crippen molar-refractivity contribution in [3.8, 4) is 17.2 Å². The fourth-order valence-electron chi connectivity index (χ4n) is 2.58. The average Bonchev–Trinajstić information content (AvgIpc) is 2.69. The number of aliphatic hydroxyl groups excluding tert-OH is 1. The van der Waals surface area contributed by atoms with Gasteiger partial charge in [0.2, 0.25) is 0 Å². The van der Waals surface area contributed by atoms with Crippen molar-refractivity contribution in [3.05, 3.63) is 47.0 Å². The SMILES string of the molecule is COc1ccc(C(CO)N(C)C(=O)Nc2cc(Cl)c(OC)cc2OC)cc1. The number of nitrogens with zero attached hydrogens (tertiary/aromatic N) is 1. The first-order valence-corrected chi connectivity index (χ1v) is 8.53. The molecular formula is C19H23ClN2O5. The lowest BCUT2D eigenvalue weighted by Crippen LogP contribution is -2.36. The van der Waals surface area contributed by atoms with Gasteiger partial charge in [-0.1, -0.05) is 23.7 Å². The van der Waals surface area contributed by atoms with Crippen molar-refractivity contribution < 1.29 is 24.1 Å². The van der Waals surface area contributed by atoms with Crippen molar-refractivity contribution in [1.29, 1.82) is 0 Å². The van der Waals surface area contributed by atoms with Gasteiger partial charge in [0.25, 0.3) is 0 Å². The van der Waals surface area contributed by atoms with Gasteiger partial charge in [-0.05, 0) is 23.8 Å². The van der Waals surface area contributed by atoms with Crippen LogP contribution < -0.4 is 19.5 Å². The topological polar surface area (TPSA) is 80.3 Å². The van der Waals surface area contributed by atoms with Gasteiger partial charge in [-0.15, -0.1) is 0 Å². The molecule has 1 unspecified atom stereocenters. The third kappa shape index (κ3) is 4.75. The number of benzene rings is 2. The number of hydrogen-bond donors (Lipinski definition) is 2. The summed E-state index contributed by atoms with van der Waals surface area (Å²) < 4.78 is 15.6. The molecule has 2 aromatic carbocycles. The largest absolute Gasteiger partial charge is 0.497 e. The van der Waals surface area contributed by atoms with Crippen LogP contribution in [0.1, 0.15) is 11.6 Å². The molecule has 0 aliphatic carbocycles. The van der Waals surface area contributed by atoms with Crippen LogP contribution in [0.15, 0.2) is 36.4 Å². The van der Waals surface area contributed by atoms with E-state index in [4.69, 9.17) is 25.8 Å². The number of urea groups is 1. The smallest absolute Gasteiger partial charge is 0.322 e. The van der Waals surface area contributed by atoms with E-state index in [1.807, 2.05) is 0 Å². The van der Waals surface area contributed by atoms with Crippen LogP contribution in [0.2, 0.25) is 5.02 Å². The van der Waals surface area contributed by atoms with Crippen molar-refractivity contribution in [2.24, 2.45) is 0 Å². The van der Waals surface area contributed by atoms with Gasteiger partial charge in [-0.2, -0.15) is 0 Å². The molecule has 2 rings (SSSR count). The fourth-order valence-corrected chi connectivity index (χ4v) is 2.82. The van der Waals surface area contributed by atoms with Crippen LogP contribution >= 0.6 is 11.6 Å². The minimum absolute atomic E-state index is 0.239. The summed E-state index contributed by atoms with van der Waals surface area (Å²) in [7, 11) is 6.15. The molecule has 1 atom stereocenters. The number of carbonyl (C=O) groups excluding carboxylic acids is 1. The summed E-state index contributed by atoms with van der Waals surface area (Å²) in [6.45, 7) is -0.239. The Kier molecular flexibility index (Phi) is 7.15. The lowest BCUT2D eigenvalue weighted by molar-refractivity contribution is 0.158. The maximum Gasteiger partial charge on any atom is 0.322 e. The number of nitrogens with one attached hydrogen (secondary N) is 1. The number of anilines is 1. The van der Waals surface area contributed by atoms with Crippen LogP contribution in [0, 0.1) is 0 Å². The lowest BCUT2D eigenvalue weighted by Gasteiger charge is -2.27. The number of amides is 2. The number of carbonyl (C=O) groups is 1. The number of aliphatic hydroxyl groups is 1. The molecule has 0 spiro atoms. The Morgan fingerprint density at radius 3 is 2.26 bits per heavy atom. The van der Waals surface area contributed by atoms with Crippen LogP contribution in [0.5, 0.6) is 17.2 Å². The monoisotopic (exact) mass is 394 g/mol. The quantitative estimate of drug-likeness (QED) is 0.750. The molecule has 0 aliphatic heterocycles. The number of hydrogen-bond acceptors (Lipinski definition) is 5. The summed E-state index contributed by atoms with van der Waals surface area (Å²) in [6.07, 6.45) is 0. The molecule has 0 aromatic heterocycles. The number of likely N-dealkylation sites (N-methyl/N-ethyl adjacent to an activating group) is 1. The Morgan fingerprint density at radius 1 is 1.11 bits per heavy atom. The molecule has 0 fully saturated rings. The molecule has 2 amide bonds. The van der Waals surface area contributed by atoms with Gasteiger partial charge >= 0.3 is 6.03 Å². The molecule has 27 heavy (non-hydrogen) atoms. The van der Waals surface area contributed by atoms with Gasteiger partial charge in [-0.25, -0.2) is 4.79 Å². The lowest BCUT2D eigenvalue weighted by atomic mass is 10.1. The molecule has 7 nitrogen and oxygen atoms in total. The second-order valence-corrected chi connectivity index (χ2v) is 6.11. The molecule has 0 heterocycles. The van der Waals surface area contributed by atoms with Crippen molar-refractivity contribution >= 4 is 23.3 Å². The zero-order valence-electron chi connectivity index (χ0n) is 15.7. The molecule has 8 heteroatoms. The van der Waals surface area contributed by atoms with E-state index in [2.05, 4.69) is 5.32 Å². The van der Waals surface area contributed by atoms with Gasteiger partial charge in [0, 0.05) is 13.1 Å². The highest BCUT2D eigenvalue weighted by atomic mass is 35.5. The molecule has 0 saturated heterocycles. The molecule has 2 N–H and O–H groups in total. The van der Waals surface area contributed by atoms with Gasteiger partial charge in [0.15, 0.2) is 0 Å². The maximum atomic E-state index is 12.7. The summed E-state index contributed by atoms with van der Waals surface area (Å²) in [5.41, 5.74) is 1.17. The van der Waals surface area contributed by atoms with E-state index in [1.54, 1.807) is 50.6 Å². The summed E-state index contributed by atoms with van der Waals surface area (Å²) >= 11 is 6.14. The number of halogens is 1. The molecule has 146 valence electrons. The Balaban J connectivity index is 2.21. The molecule has 0 bridgehead atoms. The molecule has 0 aliphatic rings. The number of methoxy groups -OCH3 is 3. The predicted molar refractivity (Wildman–Crippen MR) is 104 cm³/mol. The molecule has 0 saturated carbocycles. The van der Waals surface area contributed by atoms with Crippen LogP contribution in [-0.2, 0) is 0 Å². The van der Waals surface area contributed by atoms with Gasteiger partial charge < -0.3 is 29.5 Å². The standard InChI is InChI=1S/C19H23ClN2O5/c1-22(16(11-23)12-5-7-13(25-2)8-6-12)19(24)21-15-9-14(20)17(26-3)10-18(15)27-4/h5-10,16,23H,11H2,1-4H3,(H,21,24). The highest BCUT2D eigenvalue weighted by Gasteiger charge is 2.22. The fraction of sp³-hybridized carbons (Fsp3) is 0.316. The summed E-state index contributed by atoms with van der Waals surface area (Å²) in [5.74, 6) is 1.54. The van der Waals surface area contributed by atoms with E-state index in [1.165, 1.54) is 19.1 Å². The second kappa shape index (κ2) is 9.34. The third-order valence-electron chi connectivity index (χ3n) is 4.18. The first-order chi connectivity index (χ1) is 12.9. The Labute approximate surface area is 163 Å². The van der Waals surface area contributed by atoms with Crippen LogP contribution in [0.4, 0.5) is 10.5 Å². The zero-order chi connectivity index (χ0) is 20.0. The normalized spacial score (nSPS) is 11.5. The van der Waals surface area contributed by atoms with Crippen molar-refractivity contribution in [2.45, 2.75) is 6.04 Å². The van der Waals surface area contributed by atoms with Gasteiger partial charge in [0.05, 0.1) is 44.7 Å². The zero-order valence-corrected chi connectivity index (χ0v) is 16.4. The molecule has 2 aromatic rings.